The maximum absolute atomic E-state index is 14.1. The highest BCUT2D eigenvalue weighted by molar-refractivity contribution is 7.80. The summed E-state index contributed by atoms with van der Waals surface area (Å²) in [6, 6.07) is 37.8. The molecule has 8 rings (SSSR count). The summed E-state index contributed by atoms with van der Waals surface area (Å²) in [5, 5.41) is 17.3. The first-order valence-corrected chi connectivity index (χ1v) is 20.2. The molecule has 2 unspecified atom stereocenters. The van der Waals surface area contributed by atoms with Crippen LogP contribution in [0, 0.1) is 35.1 Å². The Balaban J connectivity index is 1.14. The molecule has 0 radical (unpaired) electrons. The summed E-state index contributed by atoms with van der Waals surface area (Å²) >= 11 is 0. The van der Waals surface area contributed by atoms with Crippen LogP contribution >= 0.6 is 15.8 Å². The van der Waals surface area contributed by atoms with Crippen LogP contribution in [0.5, 0.6) is 11.5 Å². The maximum Gasteiger partial charge on any atom is 0.131 e. The summed E-state index contributed by atoms with van der Waals surface area (Å²) in [5.41, 5.74) is 1.97. The van der Waals surface area contributed by atoms with Crippen molar-refractivity contribution in [3.63, 3.8) is 0 Å². The third kappa shape index (κ3) is 6.99. The minimum atomic E-state index is -1.30. The van der Waals surface area contributed by atoms with E-state index in [-0.39, 0.29) is 41.0 Å². The number of hydrogen-bond donors (Lipinski definition) is 1. The zero-order valence-corrected chi connectivity index (χ0v) is 30.0. The van der Waals surface area contributed by atoms with Crippen molar-refractivity contribution in [3.8, 4) is 11.5 Å². The first-order valence-electron chi connectivity index (χ1n) is 17.5. The molecule has 1 N–H and O–H groups in total. The highest BCUT2D eigenvalue weighted by atomic mass is 31.1. The number of phenols is 1. The molecule has 2 nitrogen and oxygen atoms in total. The van der Waals surface area contributed by atoms with E-state index in [0.29, 0.717) is 12.3 Å². The van der Waals surface area contributed by atoms with Crippen molar-refractivity contribution in [2.24, 2.45) is 11.8 Å². The lowest BCUT2D eigenvalue weighted by Crippen LogP contribution is -2.44. The lowest BCUT2D eigenvalue weighted by molar-refractivity contribution is 0.0253. The molecule has 1 fully saturated rings. The van der Waals surface area contributed by atoms with E-state index in [1.807, 2.05) is 18.2 Å². The molecule has 8 heteroatoms. The molecule has 6 aromatic carbocycles. The largest absolute Gasteiger partial charge is 0.507 e. The fourth-order valence-electron chi connectivity index (χ4n) is 7.87. The van der Waals surface area contributed by atoms with E-state index in [1.54, 1.807) is 48.5 Å². The van der Waals surface area contributed by atoms with Gasteiger partial charge in [-0.1, -0.05) is 91.3 Å². The number of aromatic hydroxyl groups is 1. The van der Waals surface area contributed by atoms with E-state index in [9.17, 15) is 22.7 Å². The summed E-state index contributed by atoms with van der Waals surface area (Å²) in [6.45, 7) is 0. The number of halogens is 4. The summed E-state index contributed by atoms with van der Waals surface area (Å²) in [5.74, 6) is 0.184. The Labute approximate surface area is 303 Å². The third-order valence-corrected chi connectivity index (χ3v) is 15.2. The standard InChI is InChI=1S/C44H36F4O2P2/c45-32-10-18-36(19-11-32)51(37-20-12-33(46)13-21-37)40-8-2-4-28(42(40)49)26-29-5-1-6-30-27-31-7-3-9-41(44(31)50-43(29)30)52(38-22-14-34(47)15-23-38)39-24-16-35(48)17-25-39/h2-4,7-25,29-30,43,49H,1,5-6,26-27H2/t29-,30?,43?/m0/s1. The SMILES string of the molecule is Oc1c(C[C@@H]2CCCC3Cc4cccc(P(c5ccc(F)cc5)c5ccc(F)cc5)c4OC32)cccc1P(c1ccc(F)cc1)c1ccc(F)cc1. The Bertz CT molecular complexity index is 2080. The zero-order chi connectivity index (χ0) is 35.8. The van der Waals surface area contributed by atoms with Gasteiger partial charge in [0.15, 0.2) is 0 Å². The minimum Gasteiger partial charge on any atom is -0.507 e. The normalized spacial score (nSPS) is 18.2. The van der Waals surface area contributed by atoms with Gasteiger partial charge in [-0.3, -0.25) is 0 Å². The lowest BCUT2D eigenvalue weighted by atomic mass is 9.72. The zero-order valence-electron chi connectivity index (χ0n) is 28.2. The summed E-state index contributed by atoms with van der Waals surface area (Å²) < 4.78 is 63.2. The summed E-state index contributed by atoms with van der Waals surface area (Å²) in [6.07, 6.45) is 4.44. The highest BCUT2D eigenvalue weighted by Gasteiger charge is 2.40. The number of phenolic OH excluding ortho intramolecular Hbond substituents is 1. The molecule has 0 saturated heterocycles. The maximum atomic E-state index is 14.1. The Kier molecular flexibility index (Phi) is 9.88. The predicted octanol–water partition coefficient (Wildman–Crippen LogP) is 8.43. The van der Waals surface area contributed by atoms with Gasteiger partial charge in [0.2, 0.25) is 0 Å². The Morgan fingerprint density at radius 3 is 1.54 bits per heavy atom. The molecule has 0 amide bonds. The highest BCUT2D eigenvalue weighted by Crippen LogP contribution is 2.46. The quantitative estimate of drug-likeness (QED) is 0.126. The molecule has 1 aliphatic heterocycles. The van der Waals surface area contributed by atoms with Gasteiger partial charge in [-0.2, -0.15) is 0 Å². The van der Waals surface area contributed by atoms with E-state index in [0.717, 1.165) is 74.4 Å². The second-order valence-electron chi connectivity index (χ2n) is 13.6. The van der Waals surface area contributed by atoms with Crippen molar-refractivity contribution < 1.29 is 27.4 Å². The van der Waals surface area contributed by atoms with Crippen LogP contribution in [0.2, 0.25) is 0 Å². The van der Waals surface area contributed by atoms with Crippen LogP contribution in [0.25, 0.3) is 0 Å². The van der Waals surface area contributed by atoms with Crippen molar-refractivity contribution >= 4 is 47.7 Å². The van der Waals surface area contributed by atoms with Crippen LogP contribution in [-0.2, 0) is 12.8 Å². The van der Waals surface area contributed by atoms with E-state index in [1.165, 1.54) is 48.5 Å². The predicted molar refractivity (Wildman–Crippen MR) is 204 cm³/mol. The van der Waals surface area contributed by atoms with E-state index >= 15 is 0 Å². The Hall–Kier alpha value is -4.50. The topological polar surface area (TPSA) is 29.5 Å². The van der Waals surface area contributed by atoms with Gasteiger partial charge in [-0.25, -0.2) is 17.6 Å². The Morgan fingerprint density at radius 2 is 1.02 bits per heavy atom. The number of ether oxygens (including phenoxy) is 1. The van der Waals surface area contributed by atoms with Crippen molar-refractivity contribution in [2.75, 3.05) is 0 Å². The first-order chi connectivity index (χ1) is 25.3. The van der Waals surface area contributed by atoms with Crippen LogP contribution in [0.1, 0.15) is 30.4 Å². The van der Waals surface area contributed by atoms with Gasteiger partial charge in [-0.05, 0) is 122 Å². The second-order valence-corrected chi connectivity index (χ2v) is 17.9. The van der Waals surface area contributed by atoms with Gasteiger partial charge in [0.05, 0.1) is 0 Å². The smallest absolute Gasteiger partial charge is 0.131 e. The fraction of sp³-hybridized carbons (Fsp3) is 0.182. The molecule has 0 spiro atoms. The number of fused-ring (bicyclic) bond motifs is 2. The van der Waals surface area contributed by atoms with Gasteiger partial charge in [-0.15, -0.1) is 0 Å². The minimum absolute atomic E-state index is 0.0838. The van der Waals surface area contributed by atoms with Crippen LogP contribution in [-0.4, -0.2) is 11.2 Å². The molecular formula is C44H36F4O2P2. The van der Waals surface area contributed by atoms with Gasteiger partial charge in [0.1, 0.15) is 40.9 Å². The molecule has 6 aromatic rings. The van der Waals surface area contributed by atoms with Gasteiger partial charge in [0, 0.05) is 22.4 Å². The average Bonchev–Trinajstić information content (AvgIpc) is 3.16. The molecule has 0 aromatic heterocycles. The number of para-hydroxylation sites is 2. The molecular weight excluding hydrogens is 698 g/mol. The lowest BCUT2D eigenvalue weighted by Gasteiger charge is -2.43. The van der Waals surface area contributed by atoms with Crippen LogP contribution < -0.4 is 36.6 Å². The van der Waals surface area contributed by atoms with E-state index < -0.39 is 15.8 Å². The molecule has 0 bridgehead atoms. The number of rotatable bonds is 8. The monoisotopic (exact) mass is 734 g/mol. The molecule has 2 aliphatic rings. The molecule has 1 heterocycles. The summed E-state index contributed by atoms with van der Waals surface area (Å²) in [4.78, 5) is 0. The number of hydrogen-bond acceptors (Lipinski definition) is 2. The van der Waals surface area contributed by atoms with Crippen molar-refractivity contribution in [1.29, 1.82) is 0 Å². The van der Waals surface area contributed by atoms with Crippen molar-refractivity contribution in [3.05, 3.63) is 168 Å². The number of benzene rings is 6. The fourth-order valence-corrected chi connectivity index (χ4v) is 12.6. The van der Waals surface area contributed by atoms with Crippen LogP contribution in [0.4, 0.5) is 17.6 Å². The first kappa shape index (κ1) is 34.6. The van der Waals surface area contributed by atoms with E-state index in [4.69, 9.17) is 4.74 Å². The molecule has 1 saturated carbocycles. The van der Waals surface area contributed by atoms with Gasteiger partial charge >= 0.3 is 0 Å². The van der Waals surface area contributed by atoms with Gasteiger partial charge in [0.25, 0.3) is 0 Å². The van der Waals surface area contributed by atoms with Crippen LogP contribution in [0.15, 0.2) is 133 Å². The molecule has 3 atom stereocenters. The molecule has 1 aliphatic carbocycles. The van der Waals surface area contributed by atoms with Gasteiger partial charge < -0.3 is 9.84 Å². The Morgan fingerprint density at radius 1 is 0.558 bits per heavy atom. The molecule has 52 heavy (non-hydrogen) atoms. The van der Waals surface area contributed by atoms with Crippen LogP contribution in [0.3, 0.4) is 0 Å². The third-order valence-electron chi connectivity index (χ3n) is 10.3. The van der Waals surface area contributed by atoms with E-state index in [2.05, 4.69) is 18.2 Å². The van der Waals surface area contributed by atoms with Crippen molar-refractivity contribution in [2.45, 2.75) is 38.2 Å². The average molecular weight is 735 g/mol. The summed E-state index contributed by atoms with van der Waals surface area (Å²) in [7, 11) is -2.48. The second kappa shape index (κ2) is 14.9. The van der Waals surface area contributed by atoms with Crippen molar-refractivity contribution in [1.82, 2.24) is 0 Å². The molecule has 262 valence electrons.